The van der Waals surface area contributed by atoms with E-state index in [4.69, 9.17) is 60.9 Å². The van der Waals surface area contributed by atoms with Crippen LogP contribution in [-0.2, 0) is 44.7 Å². The molecule has 2 aliphatic heterocycles. The van der Waals surface area contributed by atoms with E-state index in [-0.39, 0.29) is 104 Å². The van der Waals surface area contributed by atoms with E-state index in [1.54, 1.807) is 79.2 Å². The lowest BCUT2D eigenvalue weighted by Gasteiger charge is -2.69. The number of aromatic nitrogens is 2. The molecule has 31 heteroatoms. The predicted octanol–water partition coefficient (Wildman–Crippen LogP) is 6.46. The maximum Gasteiger partial charge on any atom is 0.524 e. The molecule has 5 atom stereocenters. The Balaban J connectivity index is 0.788. The third-order valence-electron chi connectivity index (χ3n) is 18.2. The van der Waals surface area contributed by atoms with Gasteiger partial charge >= 0.3 is 19.9 Å². The first-order valence-corrected chi connectivity index (χ1v) is 34.2. The molecule has 9 amide bonds. The van der Waals surface area contributed by atoms with E-state index >= 15 is 0 Å². The van der Waals surface area contributed by atoms with Crippen molar-refractivity contribution in [3.8, 4) is 11.5 Å². The number of amides is 9. The van der Waals surface area contributed by atoms with E-state index < -0.39 is 78.4 Å². The largest absolute Gasteiger partial charge is 0.524 e. The van der Waals surface area contributed by atoms with Crippen molar-refractivity contribution in [2.75, 3.05) is 80.2 Å². The zero-order valence-electron chi connectivity index (χ0n) is 53.5. The number of likely N-dealkylation sites (N-methyl/N-ethyl adjacent to an activating group) is 2. The number of alkyl halides is 2. The zero-order chi connectivity index (χ0) is 68.3. The number of H-pyrrole nitrogens is 2. The first kappa shape index (κ1) is 70.6. The van der Waals surface area contributed by atoms with Crippen LogP contribution in [0.5, 0.6) is 11.5 Å². The second kappa shape index (κ2) is 29.1. The molecule has 2 aromatic heterocycles. The number of nitrogens with zero attached hydrogens (tertiary/aromatic N) is 4. The first-order chi connectivity index (χ1) is 44.5. The summed E-state index contributed by atoms with van der Waals surface area (Å²) in [7, 11) is -1.69. The third kappa shape index (κ3) is 15.0. The Kier molecular flexibility index (Phi) is 21.9. The molecule has 3 saturated carbocycles. The van der Waals surface area contributed by atoms with Crippen LogP contribution in [-0.4, -0.2) is 166 Å². The van der Waals surface area contributed by atoms with Gasteiger partial charge in [0, 0.05) is 118 Å². The van der Waals surface area contributed by atoms with Crippen LogP contribution >= 0.6 is 43.2 Å². The van der Waals surface area contributed by atoms with Gasteiger partial charge in [-0.05, 0) is 130 Å². The summed E-state index contributed by atoms with van der Waals surface area (Å²) >= 11 is 18.8. The molecule has 0 spiro atoms. The summed E-state index contributed by atoms with van der Waals surface area (Å²) in [5, 5.41) is 15.0. The first-order valence-electron chi connectivity index (χ1n) is 31.1. The molecule has 3 aromatic carbocycles. The summed E-state index contributed by atoms with van der Waals surface area (Å²) in [5.41, 5.74) is 15.6. The summed E-state index contributed by atoms with van der Waals surface area (Å²) in [5.74, 6) is -2.95. The van der Waals surface area contributed by atoms with E-state index in [2.05, 4.69) is 36.6 Å². The Bertz CT molecular complexity index is 3800. The van der Waals surface area contributed by atoms with Gasteiger partial charge in [-0.15, -0.1) is 23.2 Å². The molecule has 0 saturated heterocycles. The Morgan fingerprint density at radius 1 is 0.766 bits per heavy atom. The smallest absolute Gasteiger partial charge is 0.466 e. The van der Waals surface area contributed by atoms with Crippen LogP contribution in [0.3, 0.4) is 0 Å². The van der Waals surface area contributed by atoms with Crippen molar-refractivity contribution in [1.29, 1.82) is 0 Å². The molecular formula is C63H82Cl2N13O14PS. The fourth-order valence-corrected chi connectivity index (χ4v) is 14.5. The number of carbonyl (C=O) groups excluding carboxylic acids is 8. The number of benzene rings is 3. The average molecular weight is 1380 g/mol. The van der Waals surface area contributed by atoms with Gasteiger partial charge in [0.05, 0.1) is 33.2 Å². The number of carbonyl (C=O) groups is 8. The number of nitrogens with two attached hydrogens (primary N) is 2. The summed E-state index contributed by atoms with van der Waals surface area (Å²) < 4.78 is 29.3. The van der Waals surface area contributed by atoms with Crippen LogP contribution in [0.25, 0.3) is 21.8 Å². The number of primary amides is 1. The number of anilines is 3. The van der Waals surface area contributed by atoms with Gasteiger partial charge in [0.2, 0.25) is 35.4 Å². The molecule has 0 radical (unpaired) electrons. The van der Waals surface area contributed by atoms with Gasteiger partial charge in [0.25, 0.3) is 5.17 Å². The van der Waals surface area contributed by atoms with Crippen LogP contribution in [0.2, 0.25) is 0 Å². The number of hydrogen-bond donors (Lipinski definition) is 11. The number of nitrogens with one attached hydrogen (secondary N) is 7. The number of phosphoric acid groups is 1. The molecule has 3 aliphatic carbocycles. The number of unbranched alkanes of at least 4 members (excludes halogenated alkanes) is 1. The third-order valence-corrected chi connectivity index (χ3v) is 19.8. The number of urea groups is 1. The fourth-order valence-electron chi connectivity index (χ4n) is 13.4. The number of halogens is 2. The molecule has 2 bridgehead atoms. The highest BCUT2D eigenvalue weighted by Crippen LogP contribution is 2.75. The Hall–Kier alpha value is -7.72. The summed E-state index contributed by atoms with van der Waals surface area (Å²) in [6, 6.07) is 6.10. The van der Waals surface area contributed by atoms with Crippen molar-refractivity contribution in [3.63, 3.8) is 0 Å². The second-order valence-electron chi connectivity index (χ2n) is 25.5. The summed E-state index contributed by atoms with van der Waals surface area (Å²) in [4.78, 5) is 140. The second-order valence-corrected chi connectivity index (χ2v) is 27.6. The quantitative estimate of drug-likeness (QED) is 0.0111. The van der Waals surface area contributed by atoms with Crippen molar-refractivity contribution in [2.45, 2.75) is 123 Å². The normalized spacial score (nSPS) is 19.4. The number of hydrogen-bond acceptors (Lipinski definition) is 14. The summed E-state index contributed by atoms with van der Waals surface area (Å²) in [6.45, 7) is 10.1. The molecule has 508 valence electrons. The predicted molar refractivity (Wildman–Crippen MR) is 359 cm³/mol. The Morgan fingerprint density at radius 2 is 1.30 bits per heavy atom. The van der Waals surface area contributed by atoms with Gasteiger partial charge in [-0.1, -0.05) is 26.0 Å². The average Bonchev–Trinajstić information content (AvgIpc) is 0.898. The minimum absolute atomic E-state index is 0.0519. The molecule has 10 rings (SSSR count). The van der Waals surface area contributed by atoms with Crippen molar-refractivity contribution >= 4 is 135 Å². The minimum Gasteiger partial charge on any atom is -0.466 e. The van der Waals surface area contributed by atoms with E-state index in [0.29, 0.717) is 84.1 Å². The molecule has 94 heavy (non-hydrogen) atoms. The molecule has 5 unspecified atom stereocenters. The number of aromatic amines is 2. The molecule has 3 fully saturated rings. The minimum atomic E-state index is -4.99. The highest BCUT2D eigenvalue weighted by Gasteiger charge is 2.76. The van der Waals surface area contributed by atoms with E-state index in [9.17, 15) is 52.7 Å². The van der Waals surface area contributed by atoms with Crippen LogP contribution in [0.1, 0.15) is 112 Å². The van der Waals surface area contributed by atoms with Crippen LogP contribution in [0.4, 0.5) is 26.7 Å². The highest BCUT2D eigenvalue weighted by molar-refractivity contribution is 7.80. The number of rotatable bonds is 28. The zero-order valence-corrected chi connectivity index (χ0v) is 56.7. The number of fused-ring (bicyclic) bond motifs is 6. The lowest BCUT2D eigenvalue weighted by atomic mass is 9.34. The molecule has 13 N–H and O–H groups in total. The standard InChI is InChI=1S/C63H82Cl2N13O14PS/c1-33(2)51(74-55(81)41(71-36(5)79)11-8-9-17-66)56(82)73-42(12-10-18-68-59(67)85)54(80)72-40-15-13-37(14-16-40)29-90-61(94)76(7)20-19-75(6)60(86)91-45-21-43-49(47-34(3)25-69-52(45)47)38(23-64)27-77(43)57(83)62-30-63(31-62,32-62)58(84)78-28-39(24-65)50-44(78)22-46(92-93(87,88)89)53-48(50)35(4)26-70-53/h13-16,21-22,25-26,33,38-39,41-42,51,69-70H,8-12,17-20,23-24,27-32,66H2,1-7H3,(H,71,79)(H,72,80)(H,73,82)(H,74,81)(H3,67,68,85)(H2,87,88,89). The van der Waals surface area contributed by atoms with Gasteiger partial charge in [0.1, 0.15) is 24.7 Å². The highest BCUT2D eigenvalue weighted by atomic mass is 35.5. The van der Waals surface area contributed by atoms with E-state index in [0.717, 1.165) is 27.6 Å². The van der Waals surface area contributed by atoms with E-state index in [1.165, 1.54) is 17.9 Å². The van der Waals surface area contributed by atoms with Gasteiger partial charge in [-0.3, -0.25) is 38.6 Å². The molecular weight excluding hydrogens is 1300 g/mol. The van der Waals surface area contributed by atoms with Crippen molar-refractivity contribution in [1.82, 2.24) is 41.0 Å². The summed E-state index contributed by atoms with van der Waals surface area (Å²) in [6.07, 6.45) is 5.60. The topological polar surface area (TPSA) is 379 Å². The van der Waals surface area contributed by atoms with Crippen LogP contribution in [0, 0.1) is 30.6 Å². The fraction of sp³-hybridized carbons (Fsp3) is 0.508. The molecule has 5 aromatic rings. The van der Waals surface area contributed by atoms with Crippen molar-refractivity contribution in [2.24, 2.45) is 28.2 Å². The molecule has 4 heterocycles. The van der Waals surface area contributed by atoms with Gasteiger partial charge in [0.15, 0.2) is 11.5 Å². The SMILES string of the molecule is CC(=O)NC(CCCCN)C(=O)NC(C(=O)NC(CCCNC(N)=O)C(=O)Nc1ccc(COC(=S)N(C)CCN(C)C(=O)Oc2cc3c(c4c(C)c[nH]c24)C(CCl)CN3C(=O)C23CC(C(=O)N4CC(CCl)c5c4cc(OP(=O)(O)O)c4[nH]cc(C)c54)(C2)C3)cc1)C(C)C. The van der Waals surface area contributed by atoms with Crippen molar-refractivity contribution in [3.05, 3.63) is 76.6 Å². The number of aryl methyl sites for hydroxylation is 2. The Labute approximate surface area is 558 Å². The molecule has 5 aliphatic rings. The van der Waals surface area contributed by atoms with Gasteiger partial charge in [-0.2, -0.15) is 0 Å². The van der Waals surface area contributed by atoms with E-state index in [1.807, 2.05) is 20.0 Å². The number of thiocarbonyl (C=S) groups is 1. The Morgan fingerprint density at radius 3 is 1.82 bits per heavy atom. The number of phosphoric ester groups is 1. The van der Waals surface area contributed by atoms with Gasteiger partial charge < -0.3 is 81.6 Å². The van der Waals surface area contributed by atoms with Crippen LogP contribution < -0.4 is 57.1 Å². The lowest BCUT2D eigenvalue weighted by molar-refractivity contribution is -0.205. The molecule has 27 nitrogen and oxygen atoms in total. The van der Waals surface area contributed by atoms with Crippen LogP contribution in [0.15, 0.2) is 48.8 Å². The maximum absolute atomic E-state index is 15.0. The van der Waals surface area contributed by atoms with Crippen molar-refractivity contribution < 1.29 is 66.7 Å². The maximum atomic E-state index is 15.0. The monoisotopic (exact) mass is 1380 g/mol. The van der Waals surface area contributed by atoms with Gasteiger partial charge in [-0.25, -0.2) is 14.2 Å². The number of ether oxygens (including phenoxy) is 2. The lowest BCUT2D eigenvalue weighted by Crippen LogP contribution is -2.73.